The fourth-order valence-corrected chi connectivity index (χ4v) is 6.43. The van der Waals surface area contributed by atoms with Crippen molar-refractivity contribution < 1.29 is 13.2 Å². The maximum absolute atomic E-state index is 13.0. The molecule has 0 bridgehead atoms. The molecule has 0 aliphatic carbocycles. The Hall–Kier alpha value is -2.13. The van der Waals surface area contributed by atoms with E-state index in [1.807, 2.05) is 19.1 Å². The van der Waals surface area contributed by atoms with E-state index in [4.69, 9.17) is 11.6 Å². The van der Waals surface area contributed by atoms with Crippen molar-refractivity contribution in [3.8, 4) is 0 Å². The Bertz CT molecular complexity index is 1120. The Kier molecular flexibility index (Phi) is 7.28. The van der Waals surface area contributed by atoms with Gasteiger partial charge in [-0.05, 0) is 68.3 Å². The number of sulfonamides is 1. The van der Waals surface area contributed by atoms with Crippen molar-refractivity contribution in [2.24, 2.45) is 0 Å². The van der Waals surface area contributed by atoms with Crippen LogP contribution in [0, 0.1) is 6.92 Å². The lowest BCUT2D eigenvalue weighted by molar-refractivity contribution is 0.102. The van der Waals surface area contributed by atoms with Crippen LogP contribution in [-0.2, 0) is 10.0 Å². The summed E-state index contributed by atoms with van der Waals surface area (Å²) in [5.74, 6) is -0.364. The fraction of sp³-hybridized carbons (Fsp3) is 0.458. The molecule has 0 saturated carbocycles. The molecule has 2 aromatic rings. The smallest absolute Gasteiger partial charge is 0.255 e. The van der Waals surface area contributed by atoms with Crippen molar-refractivity contribution in [2.45, 2.75) is 31.6 Å². The third kappa shape index (κ3) is 5.19. The van der Waals surface area contributed by atoms with E-state index in [0.717, 1.165) is 56.8 Å². The molecule has 2 saturated heterocycles. The highest BCUT2D eigenvalue weighted by Crippen LogP contribution is 2.29. The quantitative estimate of drug-likeness (QED) is 0.666. The number of rotatable bonds is 6. The summed E-state index contributed by atoms with van der Waals surface area (Å²) in [5.41, 5.74) is 3.07. The highest BCUT2D eigenvalue weighted by atomic mass is 35.5. The second kappa shape index (κ2) is 10.0. The zero-order valence-electron chi connectivity index (χ0n) is 19.2. The highest BCUT2D eigenvalue weighted by molar-refractivity contribution is 7.89. The predicted molar refractivity (Wildman–Crippen MR) is 133 cm³/mol. The number of piperazine rings is 1. The van der Waals surface area contributed by atoms with Crippen molar-refractivity contribution >= 4 is 38.9 Å². The van der Waals surface area contributed by atoms with E-state index in [1.54, 1.807) is 6.07 Å². The summed E-state index contributed by atoms with van der Waals surface area (Å²) in [6, 6.07) is 10.4. The molecule has 9 heteroatoms. The highest BCUT2D eigenvalue weighted by Gasteiger charge is 2.30. The predicted octanol–water partition coefficient (Wildman–Crippen LogP) is 3.83. The van der Waals surface area contributed by atoms with Gasteiger partial charge in [0.05, 0.1) is 5.02 Å². The van der Waals surface area contributed by atoms with Gasteiger partial charge < -0.3 is 15.1 Å². The summed E-state index contributed by atoms with van der Waals surface area (Å²) < 4.78 is 27.4. The standard InChI is InChI=1S/C24H31ClN4O3S/c1-3-27-12-14-28(15-13-27)20-7-9-22(18(2)16-20)26-24(30)19-6-8-21(25)23(17-19)33(31,32)29-10-4-5-11-29/h6-9,16-17H,3-5,10-15H2,1-2H3,(H,26,30). The summed E-state index contributed by atoms with van der Waals surface area (Å²) in [6.07, 6.45) is 1.67. The molecule has 0 atom stereocenters. The average Bonchev–Trinajstić information content (AvgIpc) is 3.36. The molecule has 0 spiro atoms. The zero-order chi connectivity index (χ0) is 23.6. The largest absolute Gasteiger partial charge is 0.369 e. The van der Waals surface area contributed by atoms with Crippen LogP contribution in [0.3, 0.4) is 0 Å². The number of aryl methyl sites for hydroxylation is 1. The number of carbonyl (C=O) groups excluding carboxylic acids is 1. The number of carbonyl (C=O) groups is 1. The van der Waals surface area contributed by atoms with Gasteiger partial charge in [0.25, 0.3) is 5.91 Å². The molecule has 2 heterocycles. The summed E-state index contributed by atoms with van der Waals surface area (Å²) in [5, 5.41) is 3.05. The monoisotopic (exact) mass is 490 g/mol. The topological polar surface area (TPSA) is 73.0 Å². The average molecular weight is 491 g/mol. The fourth-order valence-electron chi connectivity index (χ4n) is 4.41. The third-order valence-corrected chi connectivity index (χ3v) is 8.90. The number of hydrogen-bond acceptors (Lipinski definition) is 5. The maximum atomic E-state index is 13.0. The maximum Gasteiger partial charge on any atom is 0.255 e. The summed E-state index contributed by atoms with van der Waals surface area (Å²) >= 11 is 6.21. The van der Waals surface area contributed by atoms with Crippen molar-refractivity contribution in [1.82, 2.24) is 9.21 Å². The second-order valence-corrected chi connectivity index (χ2v) is 10.9. The first-order valence-corrected chi connectivity index (χ1v) is 13.3. The molecule has 2 fully saturated rings. The number of amides is 1. The first-order chi connectivity index (χ1) is 15.8. The molecule has 0 radical (unpaired) electrons. The van der Waals surface area contributed by atoms with E-state index in [2.05, 4.69) is 28.1 Å². The molecule has 33 heavy (non-hydrogen) atoms. The van der Waals surface area contributed by atoms with Crippen molar-refractivity contribution in [3.05, 3.63) is 52.5 Å². The van der Waals surface area contributed by atoms with Crippen LogP contribution < -0.4 is 10.2 Å². The molecular weight excluding hydrogens is 460 g/mol. The summed E-state index contributed by atoms with van der Waals surface area (Å²) in [6.45, 7) is 10.2. The first kappa shape index (κ1) is 24.0. The van der Waals surface area contributed by atoms with Gasteiger partial charge in [-0.15, -0.1) is 0 Å². The van der Waals surface area contributed by atoms with Crippen LogP contribution in [0.2, 0.25) is 5.02 Å². The van der Waals surface area contributed by atoms with Crippen molar-refractivity contribution in [2.75, 3.05) is 56.0 Å². The number of anilines is 2. The summed E-state index contributed by atoms with van der Waals surface area (Å²) in [4.78, 5) is 17.7. The first-order valence-electron chi connectivity index (χ1n) is 11.5. The van der Waals surface area contributed by atoms with Gasteiger partial charge in [0.15, 0.2) is 0 Å². The van der Waals surface area contributed by atoms with E-state index in [1.165, 1.54) is 16.4 Å². The van der Waals surface area contributed by atoms with Crippen LogP contribution >= 0.6 is 11.6 Å². The number of hydrogen-bond donors (Lipinski definition) is 1. The van der Waals surface area contributed by atoms with Crippen LogP contribution in [0.5, 0.6) is 0 Å². The SMILES string of the molecule is CCN1CCN(c2ccc(NC(=O)c3ccc(Cl)c(S(=O)(=O)N4CCCC4)c3)c(C)c2)CC1. The molecule has 178 valence electrons. The molecule has 7 nitrogen and oxygen atoms in total. The Morgan fingerprint density at radius 1 is 1.00 bits per heavy atom. The van der Waals surface area contributed by atoms with E-state index in [-0.39, 0.29) is 21.4 Å². The van der Waals surface area contributed by atoms with Gasteiger partial charge in [-0.25, -0.2) is 8.42 Å². The van der Waals surface area contributed by atoms with Gasteiger partial charge in [-0.3, -0.25) is 4.79 Å². The van der Waals surface area contributed by atoms with Crippen molar-refractivity contribution in [1.29, 1.82) is 0 Å². The van der Waals surface area contributed by atoms with E-state index >= 15 is 0 Å². The Morgan fingerprint density at radius 3 is 2.33 bits per heavy atom. The number of likely N-dealkylation sites (N-methyl/N-ethyl adjacent to an activating group) is 1. The van der Waals surface area contributed by atoms with Gasteiger partial charge >= 0.3 is 0 Å². The Labute approximate surface area is 201 Å². The minimum absolute atomic E-state index is 0.0167. The van der Waals surface area contributed by atoms with E-state index in [9.17, 15) is 13.2 Å². The molecular formula is C24H31ClN4O3S. The number of nitrogens with one attached hydrogen (secondary N) is 1. The van der Waals surface area contributed by atoms with Gasteiger partial charge in [-0.2, -0.15) is 4.31 Å². The molecule has 2 aromatic carbocycles. The normalized spacial score (nSPS) is 18.0. The van der Waals surface area contributed by atoms with Crippen LogP contribution in [0.25, 0.3) is 0 Å². The van der Waals surface area contributed by atoms with Crippen LogP contribution in [0.15, 0.2) is 41.3 Å². The molecule has 1 amide bonds. The Morgan fingerprint density at radius 2 is 1.70 bits per heavy atom. The molecule has 2 aliphatic heterocycles. The zero-order valence-corrected chi connectivity index (χ0v) is 20.8. The minimum Gasteiger partial charge on any atom is -0.369 e. The van der Waals surface area contributed by atoms with Gasteiger partial charge in [0, 0.05) is 56.2 Å². The Balaban J connectivity index is 1.49. The lowest BCUT2D eigenvalue weighted by Crippen LogP contribution is -2.46. The van der Waals surface area contributed by atoms with E-state index in [0.29, 0.717) is 18.8 Å². The van der Waals surface area contributed by atoms with Crippen molar-refractivity contribution in [3.63, 3.8) is 0 Å². The van der Waals surface area contributed by atoms with Gasteiger partial charge in [0.2, 0.25) is 10.0 Å². The van der Waals surface area contributed by atoms with E-state index < -0.39 is 10.0 Å². The van der Waals surface area contributed by atoms with Crippen LogP contribution in [0.1, 0.15) is 35.7 Å². The number of nitrogens with zero attached hydrogens (tertiary/aromatic N) is 3. The molecule has 0 aromatic heterocycles. The third-order valence-electron chi connectivity index (χ3n) is 6.52. The molecule has 4 rings (SSSR count). The van der Waals surface area contributed by atoms with Crippen LogP contribution in [0.4, 0.5) is 11.4 Å². The van der Waals surface area contributed by atoms with Gasteiger partial charge in [-0.1, -0.05) is 18.5 Å². The minimum atomic E-state index is -3.72. The molecule has 1 N–H and O–H groups in total. The van der Waals surface area contributed by atoms with Crippen LogP contribution in [-0.4, -0.2) is 69.3 Å². The summed E-state index contributed by atoms with van der Waals surface area (Å²) in [7, 11) is -3.72. The number of benzene rings is 2. The second-order valence-electron chi connectivity index (χ2n) is 8.63. The number of halogens is 1. The molecule has 2 aliphatic rings. The lowest BCUT2D eigenvalue weighted by atomic mass is 10.1. The molecule has 0 unspecified atom stereocenters. The lowest BCUT2D eigenvalue weighted by Gasteiger charge is -2.35. The van der Waals surface area contributed by atoms with Gasteiger partial charge in [0.1, 0.15) is 4.90 Å².